The number of amides is 10. The van der Waals surface area contributed by atoms with E-state index in [1.165, 1.54) is 57.4 Å². The van der Waals surface area contributed by atoms with Gasteiger partial charge in [-0.3, -0.25) is 47.9 Å². The number of allylic oxidation sites excluding steroid dienone is 1. The van der Waals surface area contributed by atoms with E-state index in [0.29, 0.717) is 25.9 Å². The van der Waals surface area contributed by atoms with E-state index in [2.05, 4.69) is 42.5 Å². The van der Waals surface area contributed by atoms with E-state index in [1.54, 1.807) is 19.9 Å². The van der Waals surface area contributed by atoms with Crippen molar-refractivity contribution >= 4 is 59.6 Å². The topological polar surface area (TPSA) is 317 Å². The van der Waals surface area contributed by atoms with Crippen LogP contribution < -0.4 is 42.5 Å². The molecule has 0 aromatic carbocycles. The van der Waals surface area contributed by atoms with Crippen molar-refractivity contribution in [3.8, 4) is 0 Å². The van der Waals surface area contributed by atoms with Crippen LogP contribution in [0.1, 0.15) is 156 Å². The monoisotopic (exact) mass is 1120 g/mol. The molecule has 0 bridgehead atoms. The Labute approximate surface area is 470 Å². The molecule has 1 fully saturated rings. The van der Waals surface area contributed by atoms with Gasteiger partial charge in [-0.1, -0.05) is 74.8 Å². The number of likely N-dealkylation sites (N-methyl/N-ethyl adjacent to an activating group) is 1. The standard InChI is InChI=1S/C56H101N11O12/c1-19-36(8)22-23-44(71)66-30-37(9)29-43(66)67(32-69)41(21-20-26-68)49(75)61-45(46(72)35(6)7)50(76)63-55(13,14)52(78)60-39(27-33(2)3)47(73)59-40(28-34(4)5)48(74)62-56(15,16)53(79)64-54(11,12)51(77)57-25-24-42(70)58-38(10)31-65(17)18/h22-23,32-41,43,45-46,68,72H,19-21,24-31H2,1-18H3,(H,57,77)(H,58,70)(H,59,73)(H,60,78)(H,61,75)(H,62,74)(H,63,76)(H,64,79)/b23-22+/t36-,37-,38-,39-,40-,41-,43+,45-,46+/m0/s1. The highest BCUT2D eigenvalue weighted by Crippen LogP contribution is 2.28. The van der Waals surface area contributed by atoms with Gasteiger partial charge in [0.2, 0.25) is 59.6 Å². The van der Waals surface area contributed by atoms with Crippen LogP contribution in [0.15, 0.2) is 12.2 Å². The van der Waals surface area contributed by atoms with Gasteiger partial charge in [-0.2, -0.15) is 0 Å². The summed E-state index contributed by atoms with van der Waals surface area (Å²) in [4.78, 5) is 141. The molecule has 0 unspecified atom stereocenters. The number of carbonyl (C=O) groups excluding carboxylic acids is 10. The highest BCUT2D eigenvalue weighted by molar-refractivity contribution is 6.00. The summed E-state index contributed by atoms with van der Waals surface area (Å²) < 4.78 is 0. The molecule has 10 N–H and O–H groups in total. The average molecular weight is 1120 g/mol. The first-order valence-electron chi connectivity index (χ1n) is 28.1. The van der Waals surface area contributed by atoms with Crippen molar-refractivity contribution in [3.05, 3.63) is 12.2 Å². The number of hydrogen-bond donors (Lipinski definition) is 10. The normalized spacial score (nSPS) is 17.7. The molecule has 1 aliphatic heterocycles. The zero-order chi connectivity index (χ0) is 60.9. The SMILES string of the molecule is CC[C@H](C)/C=C/C(=O)N1C[C@@H](C)C[C@H]1N(C=O)[C@@H](CCCO)C(=O)N[C@H](C(=O)NC(C)(C)C(=O)N[C@@H](CC(C)C)C(=O)N[C@@H](CC(C)C)C(=O)NC(C)(C)C(=O)NC(C)(C)C(=O)NCCC(=O)N[C@@H](C)CN(C)C)[C@H](O)C(C)C. The Morgan fingerprint density at radius 3 is 1.77 bits per heavy atom. The number of aliphatic hydroxyl groups is 2. The fourth-order valence-electron chi connectivity index (χ4n) is 8.87. The van der Waals surface area contributed by atoms with Crippen molar-refractivity contribution in [3.63, 3.8) is 0 Å². The molecule has 0 spiro atoms. The molecule has 0 aliphatic carbocycles. The third-order valence-electron chi connectivity index (χ3n) is 13.7. The fraction of sp³-hybridized carbons (Fsp3) is 0.786. The lowest BCUT2D eigenvalue weighted by Crippen LogP contribution is -2.66. The maximum absolute atomic E-state index is 14.4. The third kappa shape index (κ3) is 23.9. The maximum atomic E-state index is 14.4. The summed E-state index contributed by atoms with van der Waals surface area (Å²) in [7, 11) is 3.78. The minimum Gasteiger partial charge on any atom is -0.396 e. The molecule has 23 nitrogen and oxygen atoms in total. The fourth-order valence-corrected chi connectivity index (χ4v) is 8.87. The van der Waals surface area contributed by atoms with Crippen molar-refractivity contribution < 1.29 is 58.2 Å². The number of hydrogen-bond acceptors (Lipinski definition) is 13. The molecule has 0 saturated carbocycles. The van der Waals surface area contributed by atoms with Gasteiger partial charge in [0, 0.05) is 38.7 Å². The molecule has 452 valence electrons. The molecule has 1 saturated heterocycles. The minimum absolute atomic E-state index is 0.0147. The Morgan fingerprint density at radius 2 is 1.25 bits per heavy atom. The first-order valence-corrected chi connectivity index (χ1v) is 28.1. The van der Waals surface area contributed by atoms with Crippen LogP contribution in [0.2, 0.25) is 0 Å². The average Bonchev–Trinajstić information content (AvgIpc) is 3.72. The molecule has 23 heteroatoms. The van der Waals surface area contributed by atoms with Gasteiger partial charge in [0.05, 0.1) is 6.10 Å². The molecule has 9 atom stereocenters. The zero-order valence-corrected chi connectivity index (χ0v) is 50.8. The third-order valence-corrected chi connectivity index (χ3v) is 13.7. The van der Waals surface area contributed by atoms with Crippen molar-refractivity contribution in [2.24, 2.45) is 29.6 Å². The lowest BCUT2D eigenvalue weighted by Gasteiger charge is -2.38. The number of carbonyl (C=O) groups is 10. The maximum Gasteiger partial charge on any atom is 0.247 e. The van der Waals surface area contributed by atoms with E-state index >= 15 is 0 Å². The highest BCUT2D eigenvalue weighted by atomic mass is 16.3. The Balaban J connectivity index is 3.34. The molecule has 1 aliphatic rings. The summed E-state index contributed by atoms with van der Waals surface area (Å²) in [6.07, 6.45) is 2.80. The Morgan fingerprint density at radius 1 is 0.709 bits per heavy atom. The summed E-state index contributed by atoms with van der Waals surface area (Å²) in [6.45, 7) is 27.5. The summed E-state index contributed by atoms with van der Waals surface area (Å²) in [5.41, 5.74) is -4.87. The van der Waals surface area contributed by atoms with Crippen molar-refractivity contribution in [1.29, 1.82) is 0 Å². The first-order chi connectivity index (χ1) is 36.4. The van der Waals surface area contributed by atoms with E-state index in [9.17, 15) is 58.2 Å². The highest BCUT2D eigenvalue weighted by Gasteiger charge is 2.44. The second-order valence-electron chi connectivity index (χ2n) is 24.6. The van der Waals surface area contributed by atoms with E-state index in [4.69, 9.17) is 0 Å². The largest absolute Gasteiger partial charge is 0.396 e. The van der Waals surface area contributed by atoms with Gasteiger partial charge in [0.15, 0.2) is 0 Å². The lowest BCUT2D eigenvalue weighted by atomic mass is 9.95. The van der Waals surface area contributed by atoms with E-state index in [1.807, 2.05) is 74.4 Å². The second kappa shape index (κ2) is 32.5. The van der Waals surface area contributed by atoms with Crippen LogP contribution in [0, 0.1) is 29.6 Å². The van der Waals surface area contributed by atoms with Gasteiger partial charge >= 0.3 is 0 Å². The van der Waals surface area contributed by atoms with Gasteiger partial charge in [-0.25, -0.2) is 0 Å². The van der Waals surface area contributed by atoms with Gasteiger partial charge in [-0.15, -0.1) is 0 Å². The lowest BCUT2D eigenvalue weighted by molar-refractivity contribution is -0.145. The molecule has 1 heterocycles. The smallest absolute Gasteiger partial charge is 0.247 e. The Bertz CT molecular complexity index is 2090. The van der Waals surface area contributed by atoms with Crippen LogP contribution in [0.5, 0.6) is 0 Å². The zero-order valence-electron chi connectivity index (χ0n) is 50.8. The van der Waals surface area contributed by atoms with Crippen molar-refractivity contribution in [1.82, 2.24) is 57.2 Å². The molecule has 1 rings (SSSR count). The number of nitrogens with one attached hydrogen (secondary N) is 8. The minimum atomic E-state index is -1.79. The summed E-state index contributed by atoms with van der Waals surface area (Å²) in [6, 6.07) is -5.51. The van der Waals surface area contributed by atoms with Crippen molar-refractivity contribution in [2.45, 2.75) is 215 Å². The van der Waals surface area contributed by atoms with Crippen LogP contribution in [-0.4, -0.2) is 184 Å². The molecule has 0 aromatic rings. The predicted molar refractivity (Wildman–Crippen MR) is 302 cm³/mol. The number of aliphatic hydroxyl groups excluding tert-OH is 2. The molecular formula is C56H101N11O12. The van der Waals surface area contributed by atoms with Crippen LogP contribution in [0.4, 0.5) is 0 Å². The molecule has 0 radical (unpaired) electrons. The molecule has 0 aromatic heterocycles. The summed E-state index contributed by atoms with van der Waals surface area (Å²) in [5, 5.41) is 42.9. The van der Waals surface area contributed by atoms with Gasteiger partial charge < -0.3 is 67.4 Å². The summed E-state index contributed by atoms with van der Waals surface area (Å²) >= 11 is 0. The van der Waals surface area contributed by atoms with Gasteiger partial charge in [-0.05, 0) is 130 Å². The second-order valence-corrected chi connectivity index (χ2v) is 24.6. The van der Waals surface area contributed by atoms with Crippen LogP contribution >= 0.6 is 0 Å². The van der Waals surface area contributed by atoms with E-state index < -0.39 is 100 Å². The number of likely N-dealkylation sites (tertiary alicyclic amines) is 1. The van der Waals surface area contributed by atoms with E-state index in [0.717, 1.165) is 6.42 Å². The van der Waals surface area contributed by atoms with Gasteiger partial charge in [0.1, 0.15) is 46.9 Å². The quantitative estimate of drug-likeness (QED) is 0.0321. The number of rotatable bonds is 34. The van der Waals surface area contributed by atoms with Gasteiger partial charge in [0.25, 0.3) is 0 Å². The van der Waals surface area contributed by atoms with E-state index in [-0.39, 0.29) is 86.8 Å². The van der Waals surface area contributed by atoms with Crippen molar-refractivity contribution in [2.75, 3.05) is 40.3 Å². The predicted octanol–water partition coefficient (Wildman–Crippen LogP) is 1.20. The molecule has 79 heavy (non-hydrogen) atoms. The first kappa shape index (κ1) is 71.3. The molecular weight excluding hydrogens is 1020 g/mol. The van der Waals surface area contributed by atoms with Crippen LogP contribution in [-0.2, 0) is 47.9 Å². The Hall–Kier alpha value is -5.68. The summed E-state index contributed by atoms with van der Waals surface area (Å²) in [5.74, 6) is -6.77. The van der Waals surface area contributed by atoms with Crippen LogP contribution in [0.25, 0.3) is 0 Å². The Kier molecular flexibility index (Phi) is 29.4. The molecule has 10 amide bonds. The number of nitrogens with zero attached hydrogens (tertiary/aromatic N) is 3. The van der Waals surface area contributed by atoms with Crippen LogP contribution in [0.3, 0.4) is 0 Å².